The number of hydrogen-bond acceptors (Lipinski definition) is 13. The number of aromatic nitrogens is 3. The number of nitrogens with two attached hydrogens (primary N) is 2. The predicted molar refractivity (Wildman–Crippen MR) is 171 cm³/mol. The molecule has 0 bridgehead atoms. The van der Waals surface area contributed by atoms with Crippen LogP contribution in [0, 0.1) is 11.8 Å². The van der Waals surface area contributed by atoms with Crippen molar-refractivity contribution in [3.05, 3.63) is 22.1 Å². The SMILES string of the molecule is CC(C)(CCOC(=O)NCCOCCOCCN)SSCOCCCCOC(=O)NCC#Cc1c[nH]c2nc(N)[nH]c(=O)c12. The minimum atomic E-state index is -0.573. The van der Waals surface area contributed by atoms with Gasteiger partial charge in [0.15, 0.2) is 0 Å². The zero-order valence-electron chi connectivity index (χ0n) is 25.2. The molecule has 2 aromatic heterocycles. The van der Waals surface area contributed by atoms with Gasteiger partial charge < -0.3 is 50.8 Å². The Morgan fingerprint density at radius 2 is 1.73 bits per heavy atom. The molecule has 44 heavy (non-hydrogen) atoms. The van der Waals surface area contributed by atoms with Crippen LogP contribution < -0.4 is 27.7 Å². The molecule has 2 amide bonds. The summed E-state index contributed by atoms with van der Waals surface area (Å²) in [4.78, 5) is 44.9. The summed E-state index contributed by atoms with van der Waals surface area (Å²) in [5.74, 6) is 6.12. The molecule has 0 saturated carbocycles. The van der Waals surface area contributed by atoms with Crippen molar-refractivity contribution in [2.75, 3.05) is 77.6 Å². The normalized spacial score (nSPS) is 11.2. The third-order valence-electron chi connectivity index (χ3n) is 5.52. The fourth-order valence-electron chi connectivity index (χ4n) is 3.32. The average molecular weight is 658 g/mol. The molecule has 0 aliphatic carbocycles. The Balaban J connectivity index is 1.41. The molecule has 0 fully saturated rings. The summed E-state index contributed by atoms with van der Waals surface area (Å²) < 4.78 is 26.4. The average Bonchev–Trinajstić information content (AvgIpc) is 3.38. The zero-order chi connectivity index (χ0) is 32.0. The first-order chi connectivity index (χ1) is 21.2. The number of aromatic amines is 2. The third-order valence-corrected chi connectivity index (χ3v) is 8.56. The molecular weight excluding hydrogens is 614 g/mol. The van der Waals surface area contributed by atoms with Gasteiger partial charge in [0.1, 0.15) is 11.6 Å². The standard InChI is InChI=1S/C27H43N7O8S2/c1-27(2,7-13-42-26(37)31-10-15-39-17-16-38-14-8-28)44-43-19-40-11-3-4-12-41-25(36)30-9-5-6-20-18-32-22-21(20)23(35)34-24(29)33-22/h18H,3-4,7-17,19,28H2,1-2H3,(H,30,36)(H,31,37)(H4,29,32,33,34,35). The Labute approximate surface area is 264 Å². The van der Waals surface area contributed by atoms with Gasteiger partial charge in [-0.1, -0.05) is 33.4 Å². The summed E-state index contributed by atoms with van der Waals surface area (Å²) in [6, 6.07) is 0. The predicted octanol–water partition coefficient (Wildman–Crippen LogP) is 1.93. The largest absolute Gasteiger partial charge is 0.450 e. The Hall–Kier alpha value is -3.14. The number of ether oxygens (including phenoxy) is 5. The number of fused-ring (bicyclic) bond motifs is 1. The van der Waals surface area contributed by atoms with Gasteiger partial charge in [-0.25, -0.2) is 9.59 Å². The van der Waals surface area contributed by atoms with Crippen molar-refractivity contribution in [2.24, 2.45) is 5.73 Å². The fourth-order valence-corrected chi connectivity index (χ4v) is 5.60. The van der Waals surface area contributed by atoms with E-state index in [2.05, 4.69) is 51.3 Å². The van der Waals surface area contributed by atoms with Gasteiger partial charge in [-0.3, -0.25) is 9.78 Å². The molecule has 15 nitrogen and oxygen atoms in total. The van der Waals surface area contributed by atoms with E-state index in [9.17, 15) is 14.4 Å². The molecule has 0 spiro atoms. The van der Waals surface area contributed by atoms with E-state index < -0.39 is 12.2 Å². The van der Waals surface area contributed by atoms with Crippen molar-refractivity contribution in [1.29, 1.82) is 0 Å². The molecule has 2 rings (SSSR count). The Morgan fingerprint density at radius 3 is 2.52 bits per heavy atom. The topological polar surface area (TPSA) is 218 Å². The first kappa shape index (κ1) is 37.0. The number of H-pyrrole nitrogens is 2. The maximum absolute atomic E-state index is 12.0. The molecular formula is C27H43N7O8S2. The lowest BCUT2D eigenvalue weighted by molar-refractivity contribution is 0.0512. The maximum Gasteiger partial charge on any atom is 0.407 e. The van der Waals surface area contributed by atoms with Gasteiger partial charge in [-0.2, -0.15) is 4.98 Å². The van der Waals surface area contributed by atoms with Crippen molar-refractivity contribution >= 4 is 50.8 Å². The van der Waals surface area contributed by atoms with Gasteiger partial charge in [-0.15, -0.1) is 0 Å². The lowest BCUT2D eigenvalue weighted by Crippen LogP contribution is -2.29. The molecule has 2 heterocycles. The van der Waals surface area contributed by atoms with Crippen LogP contribution in [0.3, 0.4) is 0 Å². The van der Waals surface area contributed by atoms with E-state index in [1.165, 1.54) is 0 Å². The number of nitrogens with zero attached hydrogens (tertiary/aromatic N) is 1. The molecule has 0 saturated heterocycles. The van der Waals surface area contributed by atoms with Crippen molar-refractivity contribution in [3.8, 4) is 11.8 Å². The van der Waals surface area contributed by atoms with Crippen LogP contribution in [-0.2, 0) is 23.7 Å². The van der Waals surface area contributed by atoms with Gasteiger partial charge in [-0.05, 0) is 33.1 Å². The number of unbranched alkanes of at least 4 members (excludes halogenated alkanes) is 1. The molecule has 0 aromatic carbocycles. The minimum Gasteiger partial charge on any atom is -0.450 e. The van der Waals surface area contributed by atoms with Crippen molar-refractivity contribution in [2.45, 2.75) is 37.9 Å². The highest BCUT2D eigenvalue weighted by Gasteiger charge is 2.20. The highest BCUT2D eigenvalue weighted by atomic mass is 33.1. The summed E-state index contributed by atoms with van der Waals surface area (Å²) in [7, 11) is 3.26. The molecule has 2 aromatic rings. The lowest BCUT2D eigenvalue weighted by atomic mass is 10.1. The second kappa shape index (κ2) is 21.5. The van der Waals surface area contributed by atoms with Crippen LogP contribution in [-0.4, -0.2) is 104 Å². The molecule has 17 heteroatoms. The number of rotatable bonds is 21. The van der Waals surface area contributed by atoms with Gasteiger partial charge in [0.05, 0.1) is 57.1 Å². The van der Waals surface area contributed by atoms with Crippen LogP contribution in [0.25, 0.3) is 11.0 Å². The first-order valence-electron chi connectivity index (χ1n) is 14.1. The molecule has 246 valence electrons. The highest BCUT2D eigenvalue weighted by molar-refractivity contribution is 8.77. The molecule has 0 radical (unpaired) electrons. The minimum absolute atomic E-state index is 0.0139. The maximum atomic E-state index is 12.0. The van der Waals surface area contributed by atoms with E-state index in [4.69, 9.17) is 35.2 Å². The van der Waals surface area contributed by atoms with E-state index >= 15 is 0 Å². The van der Waals surface area contributed by atoms with Gasteiger partial charge in [0.25, 0.3) is 5.56 Å². The van der Waals surface area contributed by atoms with E-state index in [0.29, 0.717) is 88.1 Å². The van der Waals surface area contributed by atoms with Crippen LogP contribution in [0.2, 0.25) is 0 Å². The summed E-state index contributed by atoms with van der Waals surface area (Å²) in [5, 5.41) is 5.50. The van der Waals surface area contributed by atoms with Crippen molar-refractivity contribution in [3.63, 3.8) is 0 Å². The zero-order valence-corrected chi connectivity index (χ0v) is 26.8. The molecule has 0 aliphatic heterocycles. The van der Waals surface area contributed by atoms with E-state index in [1.807, 2.05) is 0 Å². The van der Waals surface area contributed by atoms with Gasteiger partial charge >= 0.3 is 12.2 Å². The molecule has 0 aliphatic rings. The molecule has 0 unspecified atom stereocenters. The van der Waals surface area contributed by atoms with Crippen molar-refractivity contribution < 1.29 is 33.3 Å². The highest BCUT2D eigenvalue weighted by Crippen LogP contribution is 2.37. The number of carbonyl (C=O) groups is 2. The Morgan fingerprint density at radius 1 is 1.00 bits per heavy atom. The summed E-state index contributed by atoms with van der Waals surface area (Å²) in [6.07, 6.45) is 2.60. The summed E-state index contributed by atoms with van der Waals surface area (Å²) in [5.41, 5.74) is 11.3. The number of alkyl carbamates (subject to hydrolysis) is 2. The van der Waals surface area contributed by atoms with Crippen LogP contribution in [0.5, 0.6) is 0 Å². The lowest BCUT2D eigenvalue weighted by Gasteiger charge is -2.22. The molecule has 8 N–H and O–H groups in total. The second-order valence-electron chi connectivity index (χ2n) is 9.69. The number of amides is 2. The number of nitrogen functional groups attached to an aromatic ring is 1. The van der Waals surface area contributed by atoms with Gasteiger partial charge in [0, 0.05) is 30.6 Å². The van der Waals surface area contributed by atoms with Crippen LogP contribution in [0.15, 0.2) is 11.0 Å². The molecule has 0 atom stereocenters. The fraction of sp³-hybridized carbons (Fsp3) is 0.630. The Bertz CT molecular complexity index is 1260. The second-order valence-corrected chi connectivity index (χ2v) is 12.6. The first-order valence-corrected chi connectivity index (χ1v) is 16.4. The van der Waals surface area contributed by atoms with Crippen LogP contribution in [0.1, 0.15) is 38.7 Å². The number of nitrogens with one attached hydrogen (secondary N) is 4. The van der Waals surface area contributed by atoms with Crippen molar-refractivity contribution in [1.82, 2.24) is 25.6 Å². The number of anilines is 1. The number of carbonyl (C=O) groups excluding carboxylic acids is 2. The van der Waals surface area contributed by atoms with Crippen LogP contribution in [0.4, 0.5) is 15.5 Å². The Kier molecular flexibility index (Phi) is 18.1. The quantitative estimate of drug-likeness (QED) is 0.0490. The number of hydrogen-bond donors (Lipinski definition) is 6. The van der Waals surface area contributed by atoms with E-state index in [-0.39, 0.29) is 29.4 Å². The van der Waals surface area contributed by atoms with Crippen LogP contribution >= 0.6 is 21.6 Å². The van der Waals surface area contributed by atoms with E-state index in [1.54, 1.807) is 27.8 Å². The van der Waals surface area contributed by atoms with E-state index in [0.717, 1.165) is 6.42 Å². The smallest absolute Gasteiger partial charge is 0.407 e. The third kappa shape index (κ3) is 16.1. The summed E-state index contributed by atoms with van der Waals surface area (Å²) in [6.45, 7) is 7.98. The monoisotopic (exact) mass is 657 g/mol. The van der Waals surface area contributed by atoms with Gasteiger partial charge in [0.2, 0.25) is 5.95 Å². The summed E-state index contributed by atoms with van der Waals surface area (Å²) >= 11 is 0.